The van der Waals surface area contributed by atoms with Crippen LogP contribution in [0.5, 0.6) is 11.5 Å². The molecule has 3 aliphatic rings. The van der Waals surface area contributed by atoms with Gasteiger partial charge < -0.3 is 37.9 Å². The first-order valence-corrected chi connectivity index (χ1v) is 6.53. The van der Waals surface area contributed by atoms with Crippen molar-refractivity contribution in [3.63, 3.8) is 0 Å². The fraction of sp³-hybridized carbons (Fsp3) is 0.571. The van der Waals surface area contributed by atoms with Gasteiger partial charge in [0.25, 0.3) is 0 Å². The molecule has 3 aliphatic heterocycles. The number of hydrogen-bond acceptors (Lipinski definition) is 2. The van der Waals surface area contributed by atoms with Crippen molar-refractivity contribution >= 4 is 0 Å². The smallest absolute Gasteiger partial charge is 0.231 e. The Labute approximate surface area is 125 Å². The normalized spacial score (nSPS) is 31.5. The molecular formula is C14H18INO2. The van der Waals surface area contributed by atoms with Crippen molar-refractivity contribution in [3.05, 3.63) is 23.3 Å². The zero-order valence-electron chi connectivity index (χ0n) is 10.6. The fourth-order valence-electron chi connectivity index (χ4n) is 3.77. The van der Waals surface area contributed by atoms with E-state index in [4.69, 9.17) is 9.47 Å². The van der Waals surface area contributed by atoms with Gasteiger partial charge in [0, 0.05) is 24.8 Å². The third kappa shape index (κ3) is 1.65. The van der Waals surface area contributed by atoms with E-state index in [0.29, 0.717) is 12.8 Å². The molecule has 0 aromatic heterocycles. The standard InChI is InChI=1S/C14H18NO2.HI/c1-15-5-2-3-12(15)11-8-14-13(16-9-17-14)7-10(11)4-6-15;/h7-8,12H,2-6,9H2,1H3;1H/q+1;/p-1/t12-,15?;/m0./s1. The van der Waals surface area contributed by atoms with Crippen LogP contribution in [0.2, 0.25) is 0 Å². The predicted molar refractivity (Wildman–Crippen MR) is 64.2 cm³/mol. The molecule has 1 unspecified atom stereocenters. The largest absolute Gasteiger partial charge is 1.00 e. The molecule has 0 saturated carbocycles. The second kappa shape index (κ2) is 4.27. The van der Waals surface area contributed by atoms with Crippen LogP contribution in [0.4, 0.5) is 0 Å². The van der Waals surface area contributed by atoms with Gasteiger partial charge in [0.05, 0.1) is 20.1 Å². The second-order valence-electron chi connectivity index (χ2n) is 5.74. The minimum absolute atomic E-state index is 0. The van der Waals surface area contributed by atoms with Gasteiger partial charge in [-0.3, -0.25) is 0 Å². The lowest BCUT2D eigenvalue weighted by Gasteiger charge is -2.41. The molecule has 4 rings (SSSR count). The molecule has 1 aromatic carbocycles. The van der Waals surface area contributed by atoms with Crippen molar-refractivity contribution in [3.8, 4) is 11.5 Å². The van der Waals surface area contributed by atoms with Crippen LogP contribution >= 0.6 is 0 Å². The number of nitrogens with zero attached hydrogens (tertiary/aromatic N) is 1. The summed E-state index contributed by atoms with van der Waals surface area (Å²) >= 11 is 0. The number of hydrogen-bond donors (Lipinski definition) is 0. The van der Waals surface area contributed by atoms with E-state index in [9.17, 15) is 0 Å². The molecule has 0 radical (unpaired) electrons. The monoisotopic (exact) mass is 359 g/mol. The topological polar surface area (TPSA) is 18.5 Å². The molecular weight excluding hydrogens is 341 g/mol. The maximum Gasteiger partial charge on any atom is 0.231 e. The van der Waals surface area contributed by atoms with Gasteiger partial charge in [0.1, 0.15) is 6.04 Å². The summed E-state index contributed by atoms with van der Waals surface area (Å²) in [6, 6.07) is 5.14. The average molecular weight is 359 g/mol. The highest BCUT2D eigenvalue weighted by Crippen LogP contribution is 2.46. The summed E-state index contributed by atoms with van der Waals surface area (Å²) in [5, 5.41) is 0. The summed E-state index contributed by atoms with van der Waals surface area (Å²) in [7, 11) is 2.41. The molecule has 3 nitrogen and oxygen atoms in total. The highest BCUT2D eigenvalue weighted by Gasteiger charge is 2.43. The zero-order chi connectivity index (χ0) is 11.5. The van der Waals surface area contributed by atoms with Crippen LogP contribution in [0.25, 0.3) is 0 Å². The molecule has 4 heteroatoms. The lowest BCUT2D eigenvalue weighted by Crippen LogP contribution is -3.00. The number of benzene rings is 1. The second-order valence-corrected chi connectivity index (χ2v) is 5.74. The Morgan fingerprint density at radius 1 is 1.17 bits per heavy atom. The van der Waals surface area contributed by atoms with Crippen molar-refractivity contribution in [2.24, 2.45) is 0 Å². The van der Waals surface area contributed by atoms with E-state index >= 15 is 0 Å². The van der Waals surface area contributed by atoms with Gasteiger partial charge in [-0.05, 0) is 17.7 Å². The number of quaternary nitrogens is 1. The summed E-state index contributed by atoms with van der Waals surface area (Å²) in [6.45, 7) is 2.99. The highest BCUT2D eigenvalue weighted by atomic mass is 127. The molecule has 0 spiro atoms. The van der Waals surface area contributed by atoms with E-state index in [1.165, 1.54) is 48.0 Å². The number of halogens is 1. The number of rotatable bonds is 0. The molecule has 3 heterocycles. The van der Waals surface area contributed by atoms with E-state index in [-0.39, 0.29) is 24.0 Å². The van der Waals surface area contributed by atoms with Gasteiger partial charge in [-0.25, -0.2) is 0 Å². The van der Waals surface area contributed by atoms with E-state index in [1.807, 2.05) is 0 Å². The summed E-state index contributed by atoms with van der Waals surface area (Å²) in [5.41, 5.74) is 3.00. The van der Waals surface area contributed by atoms with Crippen LogP contribution in [-0.4, -0.2) is 31.4 Å². The Balaban J connectivity index is 0.000001000. The van der Waals surface area contributed by atoms with E-state index in [0.717, 1.165) is 11.5 Å². The molecule has 0 amide bonds. The Bertz CT molecular complexity index is 491. The maximum absolute atomic E-state index is 5.52. The van der Waals surface area contributed by atoms with Gasteiger partial charge >= 0.3 is 0 Å². The van der Waals surface area contributed by atoms with Crippen LogP contribution in [0, 0.1) is 0 Å². The van der Waals surface area contributed by atoms with Gasteiger partial charge in [0.2, 0.25) is 6.79 Å². The van der Waals surface area contributed by atoms with Crippen LogP contribution in [0.15, 0.2) is 12.1 Å². The number of ether oxygens (including phenoxy) is 2. The summed E-state index contributed by atoms with van der Waals surface area (Å²) in [6.07, 6.45) is 3.86. The van der Waals surface area contributed by atoms with Gasteiger partial charge in [-0.1, -0.05) is 0 Å². The molecule has 0 aliphatic carbocycles. The number of likely N-dealkylation sites (N-methyl/N-ethyl adjacent to an activating group) is 1. The zero-order valence-corrected chi connectivity index (χ0v) is 12.8. The molecule has 18 heavy (non-hydrogen) atoms. The first-order valence-electron chi connectivity index (χ1n) is 6.53. The third-order valence-corrected chi connectivity index (χ3v) is 4.78. The van der Waals surface area contributed by atoms with E-state index in [2.05, 4.69) is 19.2 Å². The van der Waals surface area contributed by atoms with E-state index < -0.39 is 0 Å². The molecule has 1 saturated heterocycles. The fourth-order valence-corrected chi connectivity index (χ4v) is 3.77. The predicted octanol–water partition coefficient (Wildman–Crippen LogP) is -0.743. The Morgan fingerprint density at radius 2 is 1.94 bits per heavy atom. The Kier molecular flexibility index (Phi) is 2.97. The van der Waals surface area contributed by atoms with Crippen molar-refractivity contribution in [1.29, 1.82) is 0 Å². The first-order chi connectivity index (χ1) is 8.26. The molecule has 1 fully saturated rings. The van der Waals surface area contributed by atoms with Gasteiger partial charge in [-0.15, -0.1) is 0 Å². The SMILES string of the molecule is C[N+]12CCC[C@H]1c1cc3c(cc1CC2)OCO3.[I-]. The van der Waals surface area contributed by atoms with Gasteiger partial charge in [-0.2, -0.15) is 0 Å². The number of fused-ring (bicyclic) bond motifs is 4. The lowest BCUT2D eigenvalue weighted by atomic mass is 9.91. The minimum atomic E-state index is 0. The van der Waals surface area contributed by atoms with Crippen molar-refractivity contribution in [2.45, 2.75) is 25.3 Å². The lowest BCUT2D eigenvalue weighted by molar-refractivity contribution is -0.928. The minimum Gasteiger partial charge on any atom is -1.00 e. The van der Waals surface area contributed by atoms with Crippen molar-refractivity contribution in [2.75, 3.05) is 26.9 Å². The van der Waals surface area contributed by atoms with Crippen LogP contribution in [0.3, 0.4) is 0 Å². The van der Waals surface area contributed by atoms with Crippen LogP contribution in [0.1, 0.15) is 30.0 Å². The summed E-state index contributed by atoms with van der Waals surface area (Å²) < 4.78 is 12.2. The van der Waals surface area contributed by atoms with Crippen molar-refractivity contribution < 1.29 is 37.9 Å². The molecule has 0 N–H and O–H groups in total. The molecule has 2 atom stereocenters. The van der Waals surface area contributed by atoms with Crippen molar-refractivity contribution in [1.82, 2.24) is 0 Å². The van der Waals surface area contributed by atoms with Crippen LogP contribution < -0.4 is 33.5 Å². The highest BCUT2D eigenvalue weighted by molar-refractivity contribution is 5.50. The summed E-state index contributed by atoms with van der Waals surface area (Å²) in [5.74, 6) is 1.89. The third-order valence-electron chi connectivity index (χ3n) is 4.78. The molecule has 98 valence electrons. The van der Waals surface area contributed by atoms with Gasteiger partial charge in [0.15, 0.2) is 11.5 Å². The average Bonchev–Trinajstić information content (AvgIpc) is 2.91. The van der Waals surface area contributed by atoms with Crippen LogP contribution in [-0.2, 0) is 6.42 Å². The summed E-state index contributed by atoms with van der Waals surface area (Å²) in [4.78, 5) is 0. The van der Waals surface area contributed by atoms with E-state index in [1.54, 1.807) is 0 Å². The quantitative estimate of drug-likeness (QED) is 0.449. The molecule has 0 bridgehead atoms. The first kappa shape index (κ1) is 12.5. The molecule has 1 aromatic rings. The Morgan fingerprint density at radius 3 is 2.78 bits per heavy atom. The maximum atomic E-state index is 5.52. The Hall–Kier alpha value is -0.490.